The van der Waals surface area contributed by atoms with E-state index in [0.29, 0.717) is 25.2 Å². The van der Waals surface area contributed by atoms with Gasteiger partial charge >= 0.3 is 6.09 Å². The fourth-order valence-electron chi connectivity index (χ4n) is 3.16. The highest BCUT2D eigenvalue weighted by Gasteiger charge is 2.57. The first kappa shape index (κ1) is 18.2. The van der Waals surface area contributed by atoms with Crippen LogP contribution in [-0.2, 0) is 22.7 Å². The third kappa shape index (κ3) is 3.88. The first-order valence-corrected chi connectivity index (χ1v) is 9.15. The Kier molecular flexibility index (Phi) is 4.81. The zero-order valence-corrected chi connectivity index (χ0v) is 15.2. The van der Waals surface area contributed by atoms with Crippen LogP contribution >= 0.6 is 0 Å². The van der Waals surface area contributed by atoms with Gasteiger partial charge in [0.05, 0.1) is 13.1 Å². The summed E-state index contributed by atoms with van der Waals surface area (Å²) in [6.45, 7) is 0.560. The molecule has 7 heteroatoms. The fourth-order valence-corrected chi connectivity index (χ4v) is 3.16. The van der Waals surface area contributed by atoms with Gasteiger partial charge in [-0.25, -0.2) is 9.18 Å². The van der Waals surface area contributed by atoms with E-state index in [0.717, 1.165) is 11.1 Å². The number of hydrogen-bond acceptors (Lipinski definition) is 4. The zero-order chi connectivity index (χ0) is 19.6. The minimum absolute atomic E-state index is 0.0636. The number of hydrogen-bond donors (Lipinski definition) is 1. The van der Waals surface area contributed by atoms with Gasteiger partial charge in [-0.15, -0.1) is 0 Å². The molecule has 1 N–H and O–H groups in total. The summed E-state index contributed by atoms with van der Waals surface area (Å²) in [6.07, 6.45) is 0.860. The monoisotopic (exact) mass is 381 g/mol. The van der Waals surface area contributed by atoms with Crippen molar-refractivity contribution in [2.75, 3.05) is 6.54 Å². The average Bonchev–Trinajstić information content (AvgIpc) is 3.45. The Morgan fingerprint density at radius 1 is 1.11 bits per heavy atom. The summed E-state index contributed by atoms with van der Waals surface area (Å²) in [4.78, 5) is 30.8. The van der Waals surface area contributed by atoms with Crippen molar-refractivity contribution in [3.63, 3.8) is 0 Å². The highest BCUT2D eigenvalue weighted by molar-refractivity contribution is 6.10. The molecule has 0 bridgehead atoms. The third-order valence-corrected chi connectivity index (χ3v) is 4.88. The standard InChI is InChI=1S/C21H20FN3O3/c22-17-8-6-15(7-9-17)13-25-18(24-21(10-11-21)19(25)26)12-23-20(27)28-14-16-4-2-1-3-5-16/h1-9H,10-14H2,(H,23,27). The molecule has 1 spiro atoms. The van der Waals surface area contributed by atoms with Gasteiger partial charge in [-0.2, -0.15) is 0 Å². The fraction of sp³-hybridized carbons (Fsp3) is 0.286. The largest absolute Gasteiger partial charge is 0.445 e. The van der Waals surface area contributed by atoms with Crippen LogP contribution in [0.4, 0.5) is 9.18 Å². The topological polar surface area (TPSA) is 71.0 Å². The van der Waals surface area contributed by atoms with E-state index >= 15 is 0 Å². The van der Waals surface area contributed by atoms with Crippen LogP contribution in [0, 0.1) is 5.82 Å². The van der Waals surface area contributed by atoms with Gasteiger partial charge in [-0.05, 0) is 36.1 Å². The molecule has 28 heavy (non-hydrogen) atoms. The van der Waals surface area contributed by atoms with Gasteiger partial charge in [0, 0.05) is 0 Å². The van der Waals surface area contributed by atoms with E-state index in [1.165, 1.54) is 12.1 Å². The summed E-state index contributed by atoms with van der Waals surface area (Å²) in [7, 11) is 0. The van der Waals surface area contributed by atoms with Crippen LogP contribution in [0.2, 0.25) is 0 Å². The van der Waals surface area contributed by atoms with Gasteiger partial charge in [-0.1, -0.05) is 42.5 Å². The molecule has 2 aromatic carbocycles. The van der Waals surface area contributed by atoms with Crippen molar-refractivity contribution in [1.29, 1.82) is 0 Å². The molecule has 2 aliphatic rings. The van der Waals surface area contributed by atoms with Crippen LogP contribution in [0.25, 0.3) is 0 Å². The average molecular weight is 381 g/mol. The molecular weight excluding hydrogens is 361 g/mol. The molecule has 0 saturated heterocycles. The molecule has 2 aromatic rings. The van der Waals surface area contributed by atoms with Gasteiger partial charge in [0.2, 0.25) is 0 Å². The maximum absolute atomic E-state index is 13.1. The smallest absolute Gasteiger partial charge is 0.407 e. The minimum Gasteiger partial charge on any atom is -0.445 e. The minimum atomic E-state index is -0.662. The quantitative estimate of drug-likeness (QED) is 0.836. The summed E-state index contributed by atoms with van der Waals surface area (Å²) in [5.74, 6) is 0.113. The predicted octanol–water partition coefficient (Wildman–Crippen LogP) is 3.03. The summed E-state index contributed by atoms with van der Waals surface area (Å²) >= 11 is 0. The lowest BCUT2D eigenvalue weighted by Crippen LogP contribution is -2.41. The summed E-state index contributed by atoms with van der Waals surface area (Å²) in [6, 6.07) is 15.4. The van der Waals surface area contributed by atoms with Gasteiger partial charge in [0.15, 0.2) is 0 Å². The van der Waals surface area contributed by atoms with Crippen LogP contribution in [0.3, 0.4) is 0 Å². The second-order valence-electron chi connectivity index (χ2n) is 6.99. The molecule has 0 aromatic heterocycles. The van der Waals surface area contributed by atoms with Crippen molar-refractivity contribution in [3.05, 3.63) is 71.5 Å². The Bertz CT molecular complexity index is 908. The Hall–Kier alpha value is -3.22. The van der Waals surface area contributed by atoms with Crippen molar-refractivity contribution < 1.29 is 18.7 Å². The molecule has 144 valence electrons. The molecule has 4 rings (SSSR count). The number of amides is 2. The number of halogens is 1. The Morgan fingerprint density at radius 3 is 2.50 bits per heavy atom. The number of carbonyl (C=O) groups excluding carboxylic acids is 2. The number of amidine groups is 1. The molecule has 1 aliphatic carbocycles. The molecule has 1 fully saturated rings. The predicted molar refractivity (Wildman–Crippen MR) is 101 cm³/mol. The summed E-state index contributed by atoms with van der Waals surface area (Å²) in [5.41, 5.74) is 1.03. The normalized spacial score (nSPS) is 16.8. The number of ether oxygens (including phenoxy) is 1. The highest BCUT2D eigenvalue weighted by Crippen LogP contribution is 2.45. The molecule has 0 unspecified atom stereocenters. The van der Waals surface area contributed by atoms with E-state index in [4.69, 9.17) is 4.74 Å². The second-order valence-corrected chi connectivity index (χ2v) is 6.99. The van der Waals surface area contributed by atoms with Crippen LogP contribution in [-0.4, -0.2) is 34.8 Å². The van der Waals surface area contributed by atoms with E-state index in [2.05, 4.69) is 10.3 Å². The van der Waals surface area contributed by atoms with Crippen LogP contribution < -0.4 is 5.32 Å². The van der Waals surface area contributed by atoms with E-state index in [9.17, 15) is 14.0 Å². The highest BCUT2D eigenvalue weighted by atomic mass is 19.1. The molecule has 1 saturated carbocycles. The SMILES string of the molecule is O=C(NCC1=NC2(CC2)C(=O)N1Cc1ccc(F)cc1)OCc1ccccc1. The first-order valence-electron chi connectivity index (χ1n) is 9.15. The van der Waals surface area contributed by atoms with Crippen LogP contribution in [0.15, 0.2) is 59.6 Å². The van der Waals surface area contributed by atoms with Crippen molar-refractivity contribution in [3.8, 4) is 0 Å². The lowest BCUT2D eigenvalue weighted by atomic mass is 10.2. The van der Waals surface area contributed by atoms with Gasteiger partial charge < -0.3 is 10.1 Å². The first-order chi connectivity index (χ1) is 13.6. The maximum Gasteiger partial charge on any atom is 0.407 e. The molecule has 6 nitrogen and oxygen atoms in total. The lowest BCUT2D eigenvalue weighted by Gasteiger charge is -2.19. The second kappa shape index (κ2) is 7.42. The number of aliphatic imine (C=N–C) groups is 1. The molecule has 2 amide bonds. The lowest BCUT2D eigenvalue weighted by molar-refractivity contribution is -0.128. The summed E-state index contributed by atoms with van der Waals surface area (Å²) in [5, 5.41) is 2.66. The molecular formula is C21H20FN3O3. The van der Waals surface area contributed by atoms with Crippen LogP contribution in [0.1, 0.15) is 24.0 Å². The van der Waals surface area contributed by atoms with Crippen molar-refractivity contribution >= 4 is 17.8 Å². The number of carbonyl (C=O) groups is 2. The number of alkyl carbamates (subject to hydrolysis) is 1. The number of benzene rings is 2. The Morgan fingerprint density at radius 2 is 1.82 bits per heavy atom. The van der Waals surface area contributed by atoms with Crippen LogP contribution in [0.5, 0.6) is 0 Å². The van der Waals surface area contributed by atoms with Crippen molar-refractivity contribution in [2.45, 2.75) is 31.5 Å². The number of nitrogens with one attached hydrogen (secondary N) is 1. The van der Waals surface area contributed by atoms with E-state index in [1.54, 1.807) is 17.0 Å². The Balaban J connectivity index is 1.36. The van der Waals surface area contributed by atoms with Crippen molar-refractivity contribution in [1.82, 2.24) is 10.2 Å². The van der Waals surface area contributed by atoms with E-state index < -0.39 is 11.6 Å². The molecule has 0 radical (unpaired) electrons. The zero-order valence-electron chi connectivity index (χ0n) is 15.2. The van der Waals surface area contributed by atoms with Gasteiger partial charge in [0.25, 0.3) is 5.91 Å². The van der Waals surface area contributed by atoms with E-state index in [1.807, 2.05) is 30.3 Å². The third-order valence-electron chi connectivity index (χ3n) is 4.88. The van der Waals surface area contributed by atoms with Crippen molar-refractivity contribution in [2.24, 2.45) is 4.99 Å². The Labute approximate surface area is 162 Å². The molecule has 0 atom stereocenters. The van der Waals surface area contributed by atoms with Gasteiger partial charge in [-0.3, -0.25) is 14.7 Å². The summed E-state index contributed by atoms with van der Waals surface area (Å²) < 4.78 is 18.3. The number of nitrogens with zero attached hydrogens (tertiary/aromatic N) is 2. The van der Waals surface area contributed by atoms with E-state index in [-0.39, 0.29) is 24.9 Å². The molecule has 1 aliphatic heterocycles. The maximum atomic E-state index is 13.1. The van der Waals surface area contributed by atoms with Gasteiger partial charge in [0.1, 0.15) is 23.8 Å². The molecule has 1 heterocycles. The number of rotatable bonds is 6.